The molecule has 0 bridgehead atoms. The van der Waals surface area contributed by atoms with Gasteiger partial charge in [-0.1, -0.05) is 19.8 Å². The van der Waals surface area contributed by atoms with Crippen LogP contribution in [0.2, 0.25) is 0 Å². The Bertz CT molecular complexity index is 165. The summed E-state index contributed by atoms with van der Waals surface area (Å²) in [5.74, 6) is 0.915. The van der Waals surface area contributed by atoms with Crippen LogP contribution in [0.4, 0.5) is 0 Å². The van der Waals surface area contributed by atoms with Crippen molar-refractivity contribution >= 4 is 0 Å². The molecule has 1 fully saturated rings. The van der Waals surface area contributed by atoms with E-state index in [0.717, 1.165) is 19.0 Å². The van der Waals surface area contributed by atoms with Gasteiger partial charge in [-0.25, -0.2) is 0 Å². The van der Waals surface area contributed by atoms with Crippen LogP contribution in [0.15, 0.2) is 0 Å². The maximum atomic E-state index is 8.49. The first-order valence-electron chi connectivity index (χ1n) is 5.46. The molecule has 0 N–H and O–H groups in total. The molecule has 0 saturated heterocycles. The Morgan fingerprint density at radius 3 is 2.62 bits per heavy atom. The molecule has 0 aromatic heterocycles. The Kier molecular flexibility index (Phi) is 4.85. The summed E-state index contributed by atoms with van der Waals surface area (Å²) in [5.41, 5.74) is 0. The Balaban J connectivity index is 2.18. The van der Waals surface area contributed by atoms with Gasteiger partial charge in [-0.05, 0) is 25.3 Å². The van der Waals surface area contributed by atoms with Gasteiger partial charge in [0.05, 0.1) is 6.07 Å². The van der Waals surface area contributed by atoms with E-state index in [9.17, 15) is 0 Å². The lowest BCUT2D eigenvalue weighted by molar-refractivity contribution is 0.247. The summed E-state index contributed by atoms with van der Waals surface area (Å²) in [7, 11) is 0. The van der Waals surface area contributed by atoms with Crippen LogP contribution in [0.1, 0.15) is 39.0 Å². The van der Waals surface area contributed by atoms with Crippen molar-refractivity contribution < 1.29 is 0 Å². The van der Waals surface area contributed by atoms with Gasteiger partial charge >= 0.3 is 0 Å². The zero-order valence-electron chi connectivity index (χ0n) is 8.63. The molecule has 74 valence electrons. The van der Waals surface area contributed by atoms with E-state index >= 15 is 0 Å². The molecule has 0 aromatic rings. The minimum atomic E-state index is 0.681. The highest BCUT2D eigenvalue weighted by Gasteiger charge is 2.17. The van der Waals surface area contributed by atoms with E-state index in [1.165, 1.54) is 32.2 Å². The molecule has 2 heteroatoms. The third-order valence-electron chi connectivity index (χ3n) is 2.98. The van der Waals surface area contributed by atoms with E-state index in [4.69, 9.17) is 5.26 Å². The molecular weight excluding hydrogens is 160 g/mol. The fraction of sp³-hybridized carbons (Fsp3) is 0.909. The monoisotopic (exact) mass is 180 g/mol. The summed E-state index contributed by atoms with van der Waals surface area (Å²) in [5, 5.41) is 8.49. The Morgan fingerprint density at radius 2 is 2.08 bits per heavy atom. The third kappa shape index (κ3) is 3.78. The fourth-order valence-electron chi connectivity index (χ4n) is 2.14. The minimum Gasteiger partial charge on any atom is -0.302 e. The molecule has 0 amide bonds. The smallest absolute Gasteiger partial charge is 0.0635 e. The molecule has 0 spiro atoms. The van der Waals surface area contributed by atoms with Crippen LogP contribution < -0.4 is 0 Å². The van der Waals surface area contributed by atoms with Gasteiger partial charge in [-0.3, -0.25) is 0 Å². The quantitative estimate of drug-likeness (QED) is 0.649. The standard InChI is InChI=1S/C11H20N2/c1-2-13(9-5-8-12)10-11-6-3-4-7-11/h11H,2-7,9-10H2,1H3. The van der Waals surface area contributed by atoms with Gasteiger partial charge in [0.25, 0.3) is 0 Å². The van der Waals surface area contributed by atoms with Crippen LogP contribution in [-0.2, 0) is 0 Å². The van der Waals surface area contributed by atoms with Crippen LogP contribution in [0, 0.1) is 17.2 Å². The second-order valence-corrected chi connectivity index (χ2v) is 3.95. The van der Waals surface area contributed by atoms with Crippen molar-refractivity contribution in [1.82, 2.24) is 4.90 Å². The van der Waals surface area contributed by atoms with Crippen molar-refractivity contribution in [2.24, 2.45) is 5.92 Å². The van der Waals surface area contributed by atoms with E-state index < -0.39 is 0 Å². The number of rotatable bonds is 5. The molecule has 0 radical (unpaired) electrons. The molecule has 0 heterocycles. The molecular formula is C11H20N2. The summed E-state index contributed by atoms with van der Waals surface area (Å²) in [6.07, 6.45) is 6.33. The molecule has 0 aromatic carbocycles. The Morgan fingerprint density at radius 1 is 1.38 bits per heavy atom. The molecule has 0 atom stereocenters. The number of hydrogen-bond donors (Lipinski definition) is 0. The van der Waals surface area contributed by atoms with Gasteiger partial charge in [-0.15, -0.1) is 0 Å². The van der Waals surface area contributed by atoms with Crippen molar-refractivity contribution in [3.05, 3.63) is 0 Å². The maximum Gasteiger partial charge on any atom is 0.0635 e. The molecule has 1 saturated carbocycles. The molecule has 2 nitrogen and oxygen atoms in total. The maximum absolute atomic E-state index is 8.49. The van der Waals surface area contributed by atoms with Crippen LogP contribution in [-0.4, -0.2) is 24.5 Å². The van der Waals surface area contributed by atoms with Crippen LogP contribution >= 0.6 is 0 Å². The number of hydrogen-bond acceptors (Lipinski definition) is 2. The second kappa shape index (κ2) is 5.99. The van der Waals surface area contributed by atoms with Gasteiger partial charge in [0, 0.05) is 19.5 Å². The topological polar surface area (TPSA) is 27.0 Å². The minimum absolute atomic E-state index is 0.681. The second-order valence-electron chi connectivity index (χ2n) is 3.95. The van der Waals surface area contributed by atoms with E-state index in [1.54, 1.807) is 0 Å². The van der Waals surface area contributed by atoms with E-state index in [1.807, 2.05) is 0 Å². The predicted molar refractivity (Wildman–Crippen MR) is 54.3 cm³/mol. The highest BCUT2D eigenvalue weighted by molar-refractivity contribution is 4.75. The zero-order chi connectivity index (χ0) is 9.52. The first-order valence-corrected chi connectivity index (χ1v) is 5.46. The van der Waals surface area contributed by atoms with E-state index in [-0.39, 0.29) is 0 Å². The highest BCUT2D eigenvalue weighted by atomic mass is 15.1. The average Bonchev–Trinajstić information content (AvgIpc) is 2.64. The summed E-state index contributed by atoms with van der Waals surface area (Å²) in [6, 6.07) is 2.22. The molecule has 1 rings (SSSR count). The van der Waals surface area contributed by atoms with Gasteiger partial charge in [0.15, 0.2) is 0 Å². The largest absolute Gasteiger partial charge is 0.302 e. The summed E-state index contributed by atoms with van der Waals surface area (Å²) >= 11 is 0. The number of nitriles is 1. The van der Waals surface area contributed by atoms with Crippen molar-refractivity contribution in [1.29, 1.82) is 5.26 Å². The van der Waals surface area contributed by atoms with Gasteiger partial charge < -0.3 is 4.90 Å². The molecule has 13 heavy (non-hydrogen) atoms. The average molecular weight is 180 g/mol. The van der Waals surface area contributed by atoms with Crippen molar-refractivity contribution in [3.63, 3.8) is 0 Å². The van der Waals surface area contributed by atoms with E-state index in [0.29, 0.717) is 6.42 Å². The summed E-state index contributed by atoms with van der Waals surface area (Å²) < 4.78 is 0. The summed E-state index contributed by atoms with van der Waals surface area (Å²) in [4.78, 5) is 2.42. The van der Waals surface area contributed by atoms with E-state index in [2.05, 4.69) is 17.9 Å². The Labute approximate surface area is 81.5 Å². The molecule has 1 aliphatic carbocycles. The SMILES string of the molecule is CCN(CCC#N)CC1CCCC1. The van der Waals surface area contributed by atoms with Gasteiger partial charge in [-0.2, -0.15) is 5.26 Å². The molecule has 1 aliphatic rings. The van der Waals surface area contributed by atoms with Gasteiger partial charge in [0.2, 0.25) is 0 Å². The van der Waals surface area contributed by atoms with Crippen molar-refractivity contribution in [2.75, 3.05) is 19.6 Å². The van der Waals surface area contributed by atoms with Crippen molar-refractivity contribution in [3.8, 4) is 6.07 Å². The zero-order valence-corrected chi connectivity index (χ0v) is 8.63. The summed E-state index contributed by atoms with van der Waals surface area (Å²) in [6.45, 7) is 5.46. The van der Waals surface area contributed by atoms with Gasteiger partial charge in [0.1, 0.15) is 0 Å². The van der Waals surface area contributed by atoms with Crippen LogP contribution in [0.25, 0.3) is 0 Å². The molecule has 0 unspecified atom stereocenters. The Hall–Kier alpha value is -0.550. The normalized spacial score (nSPS) is 17.9. The van der Waals surface area contributed by atoms with Crippen LogP contribution in [0.5, 0.6) is 0 Å². The first kappa shape index (κ1) is 10.5. The number of nitrogens with zero attached hydrogens (tertiary/aromatic N) is 2. The third-order valence-corrected chi connectivity index (χ3v) is 2.98. The molecule has 0 aliphatic heterocycles. The van der Waals surface area contributed by atoms with Crippen LogP contribution in [0.3, 0.4) is 0 Å². The lowest BCUT2D eigenvalue weighted by Crippen LogP contribution is -2.29. The lowest BCUT2D eigenvalue weighted by atomic mass is 10.1. The predicted octanol–water partition coefficient (Wildman–Crippen LogP) is 2.41. The van der Waals surface area contributed by atoms with Crippen molar-refractivity contribution in [2.45, 2.75) is 39.0 Å². The first-order chi connectivity index (χ1) is 6.36. The highest BCUT2D eigenvalue weighted by Crippen LogP contribution is 2.25. The lowest BCUT2D eigenvalue weighted by Gasteiger charge is -2.22. The fourth-order valence-corrected chi connectivity index (χ4v) is 2.14.